The van der Waals surface area contributed by atoms with Crippen LogP contribution in [0.25, 0.3) is 17.0 Å². The first-order valence-corrected chi connectivity index (χ1v) is 11.8. The smallest absolute Gasteiger partial charge is 0.248 e. The number of benzene rings is 1. The number of unbranched alkanes of at least 4 members (excludes halogenated alkanes) is 1. The van der Waals surface area contributed by atoms with Crippen LogP contribution in [0.15, 0.2) is 49.4 Å². The second kappa shape index (κ2) is 10.5. The Kier molecular flexibility index (Phi) is 7.25. The van der Waals surface area contributed by atoms with Gasteiger partial charge in [0.05, 0.1) is 0 Å². The molecule has 4 rings (SSSR count). The molecule has 1 aromatic carbocycles. The van der Waals surface area contributed by atoms with Crippen molar-refractivity contribution in [3.8, 4) is 0 Å². The zero-order valence-electron chi connectivity index (χ0n) is 19.7. The SMILES string of the molecule is C=Cc1cnc(N2CCC(N(C)C(=O)CCCCn3ccc4ccc(C(N)=O)cc43)CC2)nc1. The van der Waals surface area contributed by atoms with E-state index in [0.29, 0.717) is 12.0 Å². The average Bonchev–Trinajstić information content (AvgIpc) is 3.28. The van der Waals surface area contributed by atoms with E-state index in [1.165, 1.54) is 0 Å². The maximum atomic E-state index is 12.8. The highest BCUT2D eigenvalue weighted by molar-refractivity contribution is 5.97. The first kappa shape index (κ1) is 23.5. The van der Waals surface area contributed by atoms with Crippen molar-refractivity contribution in [2.75, 3.05) is 25.0 Å². The molecule has 0 bridgehead atoms. The van der Waals surface area contributed by atoms with Crippen molar-refractivity contribution in [3.05, 3.63) is 60.6 Å². The Hall–Kier alpha value is -3.68. The van der Waals surface area contributed by atoms with E-state index in [-0.39, 0.29) is 11.9 Å². The quantitative estimate of drug-likeness (QED) is 0.493. The number of rotatable bonds is 9. The standard InChI is InChI=1S/C26H32N6O2/c1-3-19-17-28-26(29-18-19)32-14-10-22(11-15-32)30(2)24(33)6-4-5-12-31-13-9-20-7-8-21(25(27)34)16-23(20)31/h3,7-9,13,16-18,22H,1,4-6,10-12,14-15H2,2H3,(H2,27,34). The number of amides is 2. The van der Waals surface area contributed by atoms with Crippen molar-refractivity contribution in [2.45, 2.75) is 44.7 Å². The Labute approximate surface area is 200 Å². The molecule has 34 heavy (non-hydrogen) atoms. The lowest BCUT2D eigenvalue weighted by molar-refractivity contribution is -0.132. The van der Waals surface area contributed by atoms with Crippen LogP contribution in [0.5, 0.6) is 0 Å². The van der Waals surface area contributed by atoms with E-state index in [9.17, 15) is 9.59 Å². The number of hydrogen-bond donors (Lipinski definition) is 1. The van der Waals surface area contributed by atoms with Gasteiger partial charge in [-0.15, -0.1) is 0 Å². The number of nitrogens with zero attached hydrogens (tertiary/aromatic N) is 5. The van der Waals surface area contributed by atoms with Gasteiger partial charge in [0.15, 0.2) is 0 Å². The van der Waals surface area contributed by atoms with Crippen LogP contribution in [0, 0.1) is 0 Å². The molecule has 0 aliphatic carbocycles. The molecule has 1 saturated heterocycles. The molecular weight excluding hydrogens is 428 g/mol. The highest BCUT2D eigenvalue weighted by Gasteiger charge is 2.26. The van der Waals surface area contributed by atoms with Gasteiger partial charge in [0.25, 0.3) is 0 Å². The predicted molar refractivity (Wildman–Crippen MR) is 134 cm³/mol. The van der Waals surface area contributed by atoms with Gasteiger partial charge in [0.2, 0.25) is 17.8 Å². The molecule has 178 valence electrons. The normalized spacial score (nSPS) is 14.3. The minimum atomic E-state index is -0.424. The van der Waals surface area contributed by atoms with Crippen LogP contribution in [0.1, 0.15) is 48.0 Å². The Bertz CT molecular complexity index is 1160. The van der Waals surface area contributed by atoms with Gasteiger partial charge in [-0.05, 0) is 49.3 Å². The highest BCUT2D eigenvalue weighted by Crippen LogP contribution is 2.21. The molecule has 3 aromatic rings. The van der Waals surface area contributed by atoms with Crippen molar-refractivity contribution in [1.29, 1.82) is 0 Å². The predicted octanol–water partition coefficient (Wildman–Crippen LogP) is 3.47. The van der Waals surface area contributed by atoms with Crippen LogP contribution in [0.2, 0.25) is 0 Å². The molecule has 2 N–H and O–H groups in total. The van der Waals surface area contributed by atoms with E-state index in [1.54, 1.807) is 24.5 Å². The van der Waals surface area contributed by atoms with E-state index >= 15 is 0 Å². The van der Waals surface area contributed by atoms with E-state index < -0.39 is 5.91 Å². The fourth-order valence-corrected chi connectivity index (χ4v) is 4.52. The van der Waals surface area contributed by atoms with Crippen molar-refractivity contribution in [1.82, 2.24) is 19.4 Å². The molecule has 0 atom stereocenters. The maximum Gasteiger partial charge on any atom is 0.248 e. The van der Waals surface area contributed by atoms with Crippen LogP contribution in [0.3, 0.4) is 0 Å². The van der Waals surface area contributed by atoms with Gasteiger partial charge >= 0.3 is 0 Å². The van der Waals surface area contributed by atoms with Gasteiger partial charge in [0, 0.05) is 74.4 Å². The molecule has 1 aliphatic rings. The second-order valence-corrected chi connectivity index (χ2v) is 8.85. The molecule has 0 radical (unpaired) electrons. The monoisotopic (exact) mass is 460 g/mol. The number of nitrogens with two attached hydrogens (primary N) is 1. The highest BCUT2D eigenvalue weighted by atomic mass is 16.2. The molecule has 0 unspecified atom stereocenters. The van der Waals surface area contributed by atoms with E-state index in [1.807, 2.05) is 36.3 Å². The number of fused-ring (bicyclic) bond motifs is 1. The summed E-state index contributed by atoms with van der Waals surface area (Å²) >= 11 is 0. The number of primary amides is 1. The summed E-state index contributed by atoms with van der Waals surface area (Å²) in [6.45, 7) is 6.20. The minimum Gasteiger partial charge on any atom is -0.366 e. The van der Waals surface area contributed by atoms with Gasteiger partial charge in [-0.3, -0.25) is 9.59 Å². The molecule has 2 aromatic heterocycles. The lowest BCUT2D eigenvalue weighted by Gasteiger charge is -2.36. The molecular formula is C26H32N6O2. The van der Waals surface area contributed by atoms with Gasteiger partial charge in [-0.25, -0.2) is 9.97 Å². The summed E-state index contributed by atoms with van der Waals surface area (Å²) in [7, 11) is 1.92. The molecule has 3 heterocycles. The maximum absolute atomic E-state index is 12.8. The molecule has 1 fully saturated rings. The van der Waals surface area contributed by atoms with Crippen molar-refractivity contribution < 1.29 is 9.59 Å². The van der Waals surface area contributed by atoms with E-state index in [4.69, 9.17) is 5.73 Å². The van der Waals surface area contributed by atoms with Gasteiger partial charge in [-0.1, -0.05) is 18.7 Å². The van der Waals surface area contributed by atoms with E-state index in [2.05, 4.69) is 26.0 Å². The molecule has 0 saturated carbocycles. The third-order valence-electron chi connectivity index (χ3n) is 6.68. The van der Waals surface area contributed by atoms with Gasteiger partial charge < -0.3 is 20.1 Å². The number of aryl methyl sites for hydroxylation is 1. The molecule has 2 amide bonds. The van der Waals surface area contributed by atoms with E-state index in [0.717, 1.165) is 67.7 Å². The summed E-state index contributed by atoms with van der Waals surface area (Å²) in [5.41, 5.74) is 7.83. The third-order valence-corrected chi connectivity index (χ3v) is 6.68. The Morgan fingerprint density at radius 2 is 1.91 bits per heavy atom. The Balaban J connectivity index is 1.22. The first-order chi connectivity index (χ1) is 16.5. The fourth-order valence-electron chi connectivity index (χ4n) is 4.52. The zero-order chi connectivity index (χ0) is 24.1. The number of carbonyl (C=O) groups is 2. The number of anilines is 1. The van der Waals surface area contributed by atoms with Crippen LogP contribution in [-0.2, 0) is 11.3 Å². The molecule has 1 aliphatic heterocycles. The lowest BCUT2D eigenvalue weighted by Crippen LogP contribution is -2.46. The summed E-state index contributed by atoms with van der Waals surface area (Å²) in [6.07, 6.45) is 11.4. The first-order valence-electron chi connectivity index (χ1n) is 11.8. The number of piperidine rings is 1. The van der Waals surface area contributed by atoms with Crippen LogP contribution in [0.4, 0.5) is 5.95 Å². The summed E-state index contributed by atoms with van der Waals surface area (Å²) in [6, 6.07) is 7.78. The number of carbonyl (C=O) groups excluding carboxylic acids is 2. The molecule has 0 spiro atoms. The van der Waals surface area contributed by atoms with Crippen molar-refractivity contribution in [3.63, 3.8) is 0 Å². The Morgan fingerprint density at radius 1 is 1.18 bits per heavy atom. The largest absolute Gasteiger partial charge is 0.366 e. The third kappa shape index (κ3) is 5.27. The molecule has 8 heteroatoms. The zero-order valence-corrected chi connectivity index (χ0v) is 19.7. The van der Waals surface area contributed by atoms with Gasteiger partial charge in [-0.2, -0.15) is 0 Å². The minimum absolute atomic E-state index is 0.193. The van der Waals surface area contributed by atoms with Crippen LogP contribution >= 0.6 is 0 Å². The van der Waals surface area contributed by atoms with Crippen LogP contribution < -0.4 is 10.6 Å². The van der Waals surface area contributed by atoms with Gasteiger partial charge in [0.1, 0.15) is 0 Å². The lowest BCUT2D eigenvalue weighted by atomic mass is 10.0. The fraction of sp³-hybridized carbons (Fsp3) is 0.385. The Morgan fingerprint density at radius 3 is 2.59 bits per heavy atom. The number of hydrogen-bond acceptors (Lipinski definition) is 5. The van der Waals surface area contributed by atoms with Crippen molar-refractivity contribution >= 4 is 34.7 Å². The van der Waals surface area contributed by atoms with Crippen molar-refractivity contribution in [2.24, 2.45) is 5.73 Å². The average molecular weight is 461 g/mol. The van der Waals surface area contributed by atoms with Crippen LogP contribution in [-0.4, -0.2) is 57.4 Å². The summed E-state index contributed by atoms with van der Waals surface area (Å²) in [4.78, 5) is 37.2. The number of aromatic nitrogens is 3. The molecule has 8 nitrogen and oxygen atoms in total. The summed E-state index contributed by atoms with van der Waals surface area (Å²) in [5.74, 6) is 0.504. The summed E-state index contributed by atoms with van der Waals surface area (Å²) < 4.78 is 2.12. The summed E-state index contributed by atoms with van der Waals surface area (Å²) in [5, 5.41) is 1.08. The second-order valence-electron chi connectivity index (χ2n) is 8.85. The topological polar surface area (TPSA) is 97.4 Å².